The zero-order valence-electron chi connectivity index (χ0n) is 9.76. The van der Waals surface area contributed by atoms with Crippen LogP contribution < -0.4 is 0 Å². The largest absolute Gasteiger partial charge is 0.418 e. The molecule has 0 unspecified atom stereocenters. The van der Waals surface area contributed by atoms with Gasteiger partial charge in [0, 0.05) is 19.2 Å². The molecule has 2 aromatic heterocycles. The Morgan fingerprint density at radius 3 is 2.47 bits per heavy atom. The Kier molecular flexibility index (Phi) is 2.60. The molecule has 0 N–H and O–H groups in total. The third-order valence-electron chi connectivity index (χ3n) is 2.67. The van der Waals surface area contributed by atoms with Crippen molar-refractivity contribution in [2.24, 2.45) is 7.05 Å². The van der Waals surface area contributed by atoms with Gasteiger partial charge in [0.05, 0.1) is 5.56 Å². The van der Waals surface area contributed by atoms with Crippen LogP contribution in [0.15, 0.2) is 6.07 Å². The standard InChI is InChI=1S/C11H12F3N3/c1-4-8-16-9-7(11(12,13)14)5-6(2)15-10(9)17(8)3/h5H,4H2,1-3H3. The lowest BCUT2D eigenvalue weighted by Crippen LogP contribution is -2.07. The summed E-state index contributed by atoms with van der Waals surface area (Å²) in [5, 5.41) is 0. The van der Waals surface area contributed by atoms with Gasteiger partial charge in [0.15, 0.2) is 5.65 Å². The highest BCUT2D eigenvalue weighted by molar-refractivity contribution is 5.76. The fourth-order valence-electron chi connectivity index (χ4n) is 1.85. The van der Waals surface area contributed by atoms with Gasteiger partial charge in [0.25, 0.3) is 0 Å². The van der Waals surface area contributed by atoms with Crippen LogP contribution in [0.1, 0.15) is 24.0 Å². The molecule has 0 saturated carbocycles. The number of rotatable bonds is 1. The molecule has 6 heteroatoms. The maximum absolute atomic E-state index is 12.9. The molecule has 0 fully saturated rings. The number of alkyl halides is 3. The van der Waals surface area contributed by atoms with E-state index in [2.05, 4.69) is 9.97 Å². The van der Waals surface area contributed by atoms with Gasteiger partial charge < -0.3 is 4.57 Å². The third kappa shape index (κ3) is 1.87. The summed E-state index contributed by atoms with van der Waals surface area (Å²) >= 11 is 0. The van der Waals surface area contributed by atoms with Crippen molar-refractivity contribution in [3.8, 4) is 0 Å². The summed E-state index contributed by atoms with van der Waals surface area (Å²) in [6.07, 6.45) is -3.82. The number of hydrogen-bond acceptors (Lipinski definition) is 2. The number of imidazole rings is 1. The van der Waals surface area contributed by atoms with Gasteiger partial charge in [0.1, 0.15) is 11.3 Å². The van der Waals surface area contributed by atoms with Crippen LogP contribution in [-0.4, -0.2) is 14.5 Å². The molecular formula is C11H12F3N3. The topological polar surface area (TPSA) is 30.7 Å². The van der Waals surface area contributed by atoms with E-state index in [0.29, 0.717) is 17.9 Å². The van der Waals surface area contributed by atoms with Gasteiger partial charge in [-0.1, -0.05) is 6.92 Å². The fraction of sp³-hybridized carbons (Fsp3) is 0.455. The fourth-order valence-corrected chi connectivity index (χ4v) is 1.85. The van der Waals surface area contributed by atoms with Gasteiger partial charge in [-0.15, -0.1) is 0 Å². The highest BCUT2D eigenvalue weighted by Gasteiger charge is 2.35. The van der Waals surface area contributed by atoms with Crippen LogP contribution in [0.5, 0.6) is 0 Å². The minimum absolute atomic E-state index is 0.0672. The van der Waals surface area contributed by atoms with E-state index in [4.69, 9.17) is 0 Å². The number of hydrogen-bond donors (Lipinski definition) is 0. The molecule has 2 aromatic rings. The molecule has 92 valence electrons. The maximum atomic E-state index is 12.9. The van der Waals surface area contributed by atoms with Crippen molar-refractivity contribution in [2.45, 2.75) is 26.4 Å². The molecule has 0 amide bonds. The van der Waals surface area contributed by atoms with E-state index >= 15 is 0 Å². The van der Waals surface area contributed by atoms with Crippen LogP contribution in [-0.2, 0) is 19.6 Å². The van der Waals surface area contributed by atoms with Crippen LogP contribution in [0.3, 0.4) is 0 Å². The molecule has 0 aromatic carbocycles. The normalized spacial score (nSPS) is 12.4. The van der Waals surface area contributed by atoms with Gasteiger partial charge >= 0.3 is 6.18 Å². The van der Waals surface area contributed by atoms with Gasteiger partial charge in [-0.3, -0.25) is 0 Å². The van der Waals surface area contributed by atoms with Crippen molar-refractivity contribution in [1.29, 1.82) is 0 Å². The van der Waals surface area contributed by atoms with Crippen molar-refractivity contribution >= 4 is 11.2 Å². The van der Waals surface area contributed by atoms with Crippen LogP contribution in [0.25, 0.3) is 11.2 Å². The monoisotopic (exact) mass is 243 g/mol. The molecule has 0 atom stereocenters. The van der Waals surface area contributed by atoms with Crippen LogP contribution in [0.2, 0.25) is 0 Å². The summed E-state index contributed by atoms with van der Waals surface area (Å²) in [7, 11) is 1.68. The first kappa shape index (κ1) is 11.9. The Morgan fingerprint density at radius 2 is 1.94 bits per heavy atom. The van der Waals surface area contributed by atoms with Crippen molar-refractivity contribution in [3.63, 3.8) is 0 Å². The van der Waals surface area contributed by atoms with Gasteiger partial charge in [-0.25, -0.2) is 9.97 Å². The molecule has 0 bridgehead atoms. The Labute approximate surface area is 96.3 Å². The molecule has 2 rings (SSSR count). The number of aromatic nitrogens is 3. The van der Waals surface area contributed by atoms with Crippen LogP contribution in [0, 0.1) is 6.92 Å². The van der Waals surface area contributed by atoms with E-state index in [1.54, 1.807) is 18.5 Å². The summed E-state index contributed by atoms with van der Waals surface area (Å²) in [4.78, 5) is 8.14. The molecule has 0 aliphatic heterocycles. The summed E-state index contributed by atoms with van der Waals surface area (Å²) in [6, 6.07) is 1.04. The van der Waals surface area contributed by atoms with Crippen molar-refractivity contribution in [1.82, 2.24) is 14.5 Å². The maximum Gasteiger partial charge on any atom is 0.418 e. The van der Waals surface area contributed by atoms with Crippen molar-refractivity contribution in [2.75, 3.05) is 0 Å². The third-order valence-corrected chi connectivity index (χ3v) is 2.67. The predicted molar refractivity (Wildman–Crippen MR) is 57.6 cm³/mol. The van der Waals surface area contributed by atoms with Gasteiger partial charge in [0.2, 0.25) is 0 Å². The van der Waals surface area contributed by atoms with E-state index in [1.165, 1.54) is 0 Å². The summed E-state index contributed by atoms with van der Waals surface area (Å²) in [6.45, 7) is 3.40. The first-order chi connectivity index (χ1) is 7.84. The quantitative estimate of drug-likeness (QED) is 0.771. The second-order valence-electron chi connectivity index (χ2n) is 3.92. The average Bonchev–Trinajstić information content (AvgIpc) is 2.54. The zero-order valence-corrected chi connectivity index (χ0v) is 9.76. The first-order valence-electron chi connectivity index (χ1n) is 5.24. The zero-order chi connectivity index (χ0) is 12.8. The SMILES string of the molecule is CCc1nc2c(C(F)(F)F)cc(C)nc2n1C. The van der Waals surface area contributed by atoms with E-state index in [1.807, 2.05) is 6.92 Å². The van der Waals surface area contributed by atoms with Gasteiger partial charge in [-0.05, 0) is 13.0 Å². The van der Waals surface area contributed by atoms with Crippen molar-refractivity contribution in [3.05, 3.63) is 23.1 Å². The summed E-state index contributed by atoms with van der Waals surface area (Å²) in [5.74, 6) is 0.601. The average molecular weight is 243 g/mol. The highest BCUT2D eigenvalue weighted by atomic mass is 19.4. The lowest BCUT2D eigenvalue weighted by Gasteiger charge is -2.08. The molecule has 17 heavy (non-hydrogen) atoms. The van der Waals surface area contributed by atoms with Crippen LogP contribution >= 0.6 is 0 Å². The summed E-state index contributed by atoms with van der Waals surface area (Å²) in [5.41, 5.74) is -0.151. The smallest absolute Gasteiger partial charge is 0.316 e. The van der Waals surface area contributed by atoms with E-state index < -0.39 is 11.7 Å². The molecule has 0 aliphatic carbocycles. The number of halogens is 3. The number of fused-ring (bicyclic) bond motifs is 1. The molecule has 2 heterocycles. The lowest BCUT2D eigenvalue weighted by molar-refractivity contribution is -0.136. The Hall–Kier alpha value is -1.59. The molecule has 0 aliphatic rings. The van der Waals surface area contributed by atoms with E-state index in [0.717, 1.165) is 6.07 Å². The Balaban J connectivity index is 2.85. The molecule has 0 radical (unpaired) electrons. The van der Waals surface area contributed by atoms with Crippen LogP contribution in [0.4, 0.5) is 13.2 Å². The Morgan fingerprint density at radius 1 is 1.29 bits per heavy atom. The minimum Gasteiger partial charge on any atom is -0.316 e. The molecular weight excluding hydrogens is 231 g/mol. The first-order valence-corrected chi connectivity index (χ1v) is 5.24. The lowest BCUT2D eigenvalue weighted by atomic mass is 10.2. The number of nitrogens with zero attached hydrogens (tertiary/aromatic N) is 3. The highest BCUT2D eigenvalue weighted by Crippen LogP contribution is 2.34. The molecule has 0 spiro atoms. The minimum atomic E-state index is -4.40. The second kappa shape index (κ2) is 3.72. The number of aryl methyl sites for hydroxylation is 3. The van der Waals surface area contributed by atoms with Crippen molar-refractivity contribution < 1.29 is 13.2 Å². The second-order valence-corrected chi connectivity index (χ2v) is 3.92. The number of pyridine rings is 1. The summed E-state index contributed by atoms with van der Waals surface area (Å²) < 4.78 is 40.2. The molecule has 0 saturated heterocycles. The van der Waals surface area contributed by atoms with E-state index in [9.17, 15) is 13.2 Å². The predicted octanol–water partition coefficient (Wildman–Crippen LogP) is 2.86. The van der Waals surface area contributed by atoms with E-state index in [-0.39, 0.29) is 11.2 Å². The Bertz CT molecular complexity index is 569. The molecule has 3 nitrogen and oxygen atoms in total. The van der Waals surface area contributed by atoms with Gasteiger partial charge in [-0.2, -0.15) is 13.2 Å².